The number of carbonyl (C=O) groups excluding carboxylic acids is 1. The van der Waals surface area contributed by atoms with Crippen molar-refractivity contribution in [1.82, 2.24) is 10.3 Å². The molecule has 10 heteroatoms. The Hall–Kier alpha value is -3.89. The van der Waals surface area contributed by atoms with Crippen LogP contribution in [0.25, 0.3) is 17.2 Å². The molecule has 8 nitrogen and oxygen atoms in total. The third kappa shape index (κ3) is 4.98. The van der Waals surface area contributed by atoms with Crippen LogP contribution >= 0.6 is 0 Å². The number of nitrogens with one attached hydrogen (secondary N) is 1. The van der Waals surface area contributed by atoms with Gasteiger partial charge >= 0.3 is 7.12 Å². The van der Waals surface area contributed by atoms with Crippen LogP contribution in [0.15, 0.2) is 52.8 Å². The highest BCUT2D eigenvalue weighted by Gasteiger charge is 2.28. The van der Waals surface area contributed by atoms with E-state index in [-0.39, 0.29) is 35.8 Å². The number of furan rings is 1. The second-order valence-corrected chi connectivity index (χ2v) is 7.96. The van der Waals surface area contributed by atoms with Gasteiger partial charge in [0.25, 0.3) is 0 Å². The number of fused-ring (bicyclic) bond motifs is 1. The molecule has 4 rings (SSSR count). The summed E-state index contributed by atoms with van der Waals surface area (Å²) in [5.74, 6) is 0.350. The number of methoxy groups -OCH3 is 2. The summed E-state index contributed by atoms with van der Waals surface area (Å²) in [7, 11) is 1.04. The summed E-state index contributed by atoms with van der Waals surface area (Å²) in [4.78, 5) is 17.0. The fourth-order valence-electron chi connectivity index (χ4n) is 4.12. The highest BCUT2D eigenvalue weighted by atomic mass is 19.1. The number of allylic oxidation sites excluding steroid dienone is 2. The second kappa shape index (κ2) is 10.2. The molecule has 35 heavy (non-hydrogen) atoms. The van der Waals surface area contributed by atoms with Crippen molar-refractivity contribution in [1.29, 1.82) is 0 Å². The number of pyridine rings is 1. The SMILES string of the molecule is COc1cc(/C=C2/C(C)=C(CC(=O)NCc3ccco3)c3cc(F)cnc32)cc(OC)c1B(O)O. The largest absolute Gasteiger partial charge is 0.497 e. The van der Waals surface area contributed by atoms with Gasteiger partial charge in [0, 0.05) is 11.1 Å². The van der Waals surface area contributed by atoms with Gasteiger partial charge in [0.2, 0.25) is 5.91 Å². The lowest BCUT2D eigenvalue weighted by atomic mass is 9.78. The molecule has 0 radical (unpaired) electrons. The summed E-state index contributed by atoms with van der Waals surface area (Å²) in [5, 5.41) is 22.3. The quantitative estimate of drug-likeness (QED) is 0.427. The van der Waals surface area contributed by atoms with Crippen LogP contribution in [-0.4, -0.2) is 42.3 Å². The minimum atomic E-state index is -1.79. The molecule has 2 heterocycles. The van der Waals surface area contributed by atoms with Gasteiger partial charge in [-0.3, -0.25) is 9.78 Å². The van der Waals surface area contributed by atoms with Gasteiger partial charge in [0.1, 0.15) is 23.1 Å². The number of rotatable bonds is 8. The maximum absolute atomic E-state index is 14.1. The summed E-state index contributed by atoms with van der Waals surface area (Å²) >= 11 is 0. The Labute approximate surface area is 201 Å². The number of hydrogen-bond acceptors (Lipinski definition) is 7. The molecule has 0 bridgehead atoms. The normalized spacial score (nSPS) is 13.7. The van der Waals surface area contributed by atoms with Crippen LogP contribution in [0.4, 0.5) is 4.39 Å². The predicted octanol–water partition coefficient (Wildman–Crippen LogP) is 2.54. The summed E-state index contributed by atoms with van der Waals surface area (Å²) in [5.41, 5.74) is 3.97. The molecule has 0 spiro atoms. The zero-order valence-corrected chi connectivity index (χ0v) is 19.5. The van der Waals surface area contributed by atoms with Crippen molar-refractivity contribution in [2.24, 2.45) is 0 Å². The van der Waals surface area contributed by atoms with Crippen molar-refractivity contribution < 1.29 is 33.1 Å². The molecule has 180 valence electrons. The molecule has 0 saturated carbocycles. The van der Waals surface area contributed by atoms with Gasteiger partial charge in [-0.05, 0) is 60.0 Å². The van der Waals surface area contributed by atoms with E-state index in [1.165, 1.54) is 26.5 Å². The van der Waals surface area contributed by atoms with E-state index in [0.29, 0.717) is 33.7 Å². The Balaban J connectivity index is 1.72. The van der Waals surface area contributed by atoms with E-state index >= 15 is 0 Å². The first-order chi connectivity index (χ1) is 16.8. The van der Waals surface area contributed by atoms with Crippen LogP contribution in [0, 0.1) is 5.82 Å². The fraction of sp³-hybridized carbons (Fsp3) is 0.200. The van der Waals surface area contributed by atoms with Gasteiger partial charge in [-0.15, -0.1) is 0 Å². The average molecular weight is 478 g/mol. The van der Waals surface area contributed by atoms with Crippen molar-refractivity contribution in [2.75, 3.05) is 14.2 Å². The molecule has 3 aromatic rings. The van der Waals surface area contributed by atoms with Gasteiger partial charge in [-0.25, -0.2) is 4.39 Å². The molecule has 1 amide bonds. The number of carbonyl (C=O) groups is 1. The molecule has 0 atom stereocenters. The number of amides is 1. The molecule has 0 unspecified atom stereocenters. The van der Waals surface area contributed by atoms with Crippen LogP contribution in [0.2, 0.25) is 0 Å². The van der Waals surface area contributed by atoms with E-state index < -0.39 is 12.9 Å². The lowest BCUT2D eigenvalue weighted by Crippen LogP contribution is -2.32. The summed E-state index contributed by atoms with van der Waals surface area (Å²) < 4.78 is 30.0. The topological polar surface area (TPSA) is 114 Å². The van der Waals surface area contributed by atoms with Gasteiger partial charge in [0.15, 0.2) is 0 Å². The Morgan fingerprint density at radius 3 is 2.54 bits per heavy atom. The minimum absolute atomic E-state index is 0.0320. The maximum Gasteiger partial charge on any atom is 0.496 e. The van der Waals surface area contributed by atoms with E-state index in [4.69, 9.17) is 13.9 Å². The number of benzene rings is 1. The zero-order chi connectivity index (χ0) is 25.1. The van der Waals surface area contributed by atoms with E-state index in [0.717, 1.165) is 11.8 Å². The van der Waals surface area contributed by atoms with E-state index in [1.54, 1.807) is 24.3 Å². The number of hydrogen-bond donors (Lipinski definition) is 3. The van der Waals surface area contributed by atoms with Gasteiger partial charge < -0.3 is 29.3 Å². The summed E-state index contributed by atoms with van der Waals surface area (Å²) in [6.45, 7) is 2.10. The van der Waals surface area contributed by atoms with E-state index in [9.17, 15) is 19.2 Å². The molecule has 1 aliphatic carbocycles. The molecule has 0 aliphatic heterocycles. The zero-order valence-electron chi connectivity index (χ0n) is 19.5. The number of halogens is 1. The lowest BCUT2D eigenvalue weighted by Gasteiger charge is -2.14. The van der Waals surface area contributed by atoms with Crippen LogP contribution in [-0.2, 0) is 11.3 Å². The molecule has 0 saturated heterocycles. The van der Waals surface area contributed by atoms with Gasteiger partial charge in [-0.1, -0.05) is 0 Å². The highest BCUT2D eigenvalue weighted by Crippen LogP contribution is 2.43. The van der Waals surface area contributed by atoms with Crippen molar-refractivity contribution in [3.63, 3.8) is 0 Å². The molecule has 3 N–H and O–H groups in total. The monoisotopic (exact) mass is 478 g/mol. The number of ether oxygens (including phenoxy) is 2. The van der Waals surface area contributed by atoms with Crippen LogP contribution in [0.5, 0.6) is 11.5 Å². The summed E-state index contributed by atoms with van der Waals surface area (Å²) in [6, 6.07) is 8.14. The van der Waals surface area contributed by atoms with Crippen molar-refractivity contribution in [3.05, 3.63) is 76.8 Å². The van der Waals surface area contributed by atoms with Gasteiger partial charge in [-0.2, -0.15) is 0 Å². The fourth-order valence-corrected chi connectivity index (χ4v) is 4.12. The van der Waals surface area contributed by atoms with Crippen LogP contribution < -0.4 is 20.3 Å². The Morgan fingerprint density at radius 2 is 1.94 bits per heavy atom. The first-order valence-electron chi connectivity index (χ1n) is 10.8. The maximum atomic E-state index is 14.1. The molecular formula is C25H24BFN2O6. The highest BCUT2D eigenvalue weighted by molar-refractivity contribution is 6.61. The average Bonchev–Trinajstić information content (AvgIpc) is 3.44. The second-order valence-electron chi connectivity index (χ2n) is 7.96. The van der Waals surface area contributed by atoms with E-state index in [1.807, 2.05) is 13.0 Å². The molecule has 1 aromatic carbocycles. The lowest BCUT2D eigenvalue weighted by molar-refractivity contribution is -0.120. The van der Waals surface area contributed by atoms with Crippen LogP contribution in [0.1, 0.15) is 35.9 Å². The number of aromatic nitrogens is 1. The molecular weight excluding hydrogens is 454 g/mol. The third-order valence-corrected chi connectivity index (χ3v) is 5.80. The standard InChI is InChI=1S/C25H24BFN2O6/c1-14-18(11-23(30)28-13-17-5-4-6-35-17)20-10-16(27)12-29-25(20)19(14)7-15-8-21(33-2)24(26(31)32)22(9-15)34-3/h4-10,12,31-32H,11,13H2,1-3H3,(H,28,30)/b19-7-. The Morgan fingerprint density at radius 1 is 1.23 bits per heavy atom. The smallest absolute Gasteiger partial charge is 0.496 e. The Bertz CT molecular complexity index is 1290. The minimum Gasteiger partial charge on any atom is -0.497 e. The molecule has 2 aromatic heterocycles. The van der Waals surface area contributed by atoms with E-state index in [2.05, 4.69) is 10.3 Å². The third-order valence-electron chi connectivity index (χ3n) is 5.80. The van der Waals surface area contributed by atoms with Crippen LogP contribution in [0.3, 0.4) is 0 Å². The molecule has 1 aliphatic rings. The van der Waals surface area contributed by atoms with Crippen molar-refractivity contribution in [3.8, 4) is 11.5 Å². The number of nitrogens with zero attached hydrogens (tertiary/aromatic N) is 1. The van der Waals surface area contributed by atoms with Crippen molar-refractivity contribution >= 4 is 35.7 Å². The first kappa shape index (κ1) is 24.2. The Kier molecular flexibility index (Phi) is 7.04. The van der Waals surface area contributed by atoms with Crippen molar-refractivity contribution in [2.45, 2.75) is 19.9 Å². The first-order valence-corrected chi connectivity index (χ1v) is 10.8. The predicted molar refractivity (Wildman–Crippen MR) is 129 cm³/mol. The van der Waals surface area contributed by atoms with Gasteiger partial charge in [0.05, 0.1) is 50.8 Å². The molecule has 0 fully saturated rings. The summed E-state index contributed by atoms with van der Waals surface area (Å²) in [6.07, 6.45) is 4.51.